The van der Waals surface area contributed by atoms with Crippen LogP contribution in [0.15, 0.2) is 18.3 Å². The number of hydrogen-bond acceptors (Lipinski definition) is 4. The van der Waals surface area contributed by atoms with Gasteiger partial charge < -0.3 is 9.72 Å². The van der Waals surface area contributed by atoms with E-state index in [4.69, 9.17) is 17.0 Å². The third-order valence-electron chi connectivity index (χ3n) is 3.39. The maximum absolute atomic E-state index is 5.36. The first-order valence-electron chi connectivity index (χ1n) is 6.36. The van der Waals surface area contributed by atoms with Crippen LogP contribution < -0.4 is 4.74 Å². The van der Waals surface area contributed by atoms with Gasteiger partial charge in [0.15, 0.2) is 0 Å². The number of rotatable bonds is 3. The lowest BCUT2D eigenvalue weighted by molar-refractivity contribution is 0.397. The zero-order valence-corrected chi connectivity index (χ0v) is 11.6. The third kappa shape index (κ3) is 2.51. The van der Waals surface area contributed by atoms with Crippen molar-refractivity contribution in [3.63, 3.8) is 0 Å². The van der Waals surface area contributed by atoms with E-state index in [1.807, 2.05) is 18.3 Å². The molecule has 19 heavy (non-hydrogen) atoms. The van der Waals surface area contributed by atoms with Crippen molar-refractivity contribution in [1.29, 1.82) is 0 Å². The van der Waals surface area contributed by atoms with Crippen LogP contribution in [0.4, 0.5) is 0 Å². The highest BCUT2D eigenvalue weighted by Gasteiger charge is 2.14. The van der Waals surface area contributed by atoms with Crippen molar-refractivity contribution in [2.75, 3.05) is 7.11 Å². The van der Waals surface area contributed by atoms with E-state index in [-0.39, 0.29) is 0 Å². The Kier molecular flexibility index (Phi) is 3.29. The van der Waals surface area contributed by atoms with E-state index < -0.39 is 0 Å². The largest absolute Gasteiger partial charge is 0.481 e. The summed E-state index contributed by atoms with van der Waals surface area (Å²) in [5.41, 5.74) is 3.58. The maximum atomic E-state index is 5.36. The number of aryl methyl sites for hydroxylation is 1. The summed E-state index contributed by atoms with van der Waals surface area (Å²) in [5.74, 6) is 1.54. The second-order valence-electron chi connectivity index (χ2n) is 4.68. The molecule has 0 aliphatic heterocycles. The monoisotopic (exact) mass is 273 g/mol. The van der Waals surface area contributed by atoms with E-state index in [1.165, 1.54) is 17.7 Å². The first-order chi connectivity index (χ1) is 9.26. The molecule has 2 aromatic heterocycles. The van der Waals surface area contributed by atoms with Crippen molar-refractivity contribution in [1.82, 2.24) is 15.0 Å². The molecule has 0 saturated carbocycles. The maximum Gasteiger partial charge on any atom is 0.212 e. The quantitative estimate of drug-likeness (QED) is 0.873. The number of fused-ring (bicyclic) bond motifs is 1. The molecule has 0 amide bonds. The Balaban J connectivity index is 1.87. The van der Waals surface area contributed by atoms with E-state index >= 15 is 0 Å². The van der Waals surface area contributed by atoms with Crippen LogP contribution in [0.1, 0.15) is 29.1 Å². The SMILES string of the molecule is COc1ccc(Cc2nc(=S)c3c([nH]2)CCC3)cn1. The van der Waals surface area contributed by atoms with Gasteiger partial charge in [-0.3, -0.25) is 0 Å². The molecule has 5 heteroatoms. The Hall–Kier alpha value is -1.75. The fraction of sp³-hybridized carbons (Fsp3) is 0.357. The minimum Gasteiger partial charge on any atom is -0.481 e. The van der Waals surface area contributed by atoms with Gasteiger partial charge in [0.05, 0.1) is 7.11 Å². The Morgan fingerprint density at radius 1 is 1.37 bits per heavy atom. The molecule has 0 fully saturated rings. The summed E-state index contributed by atoms with van der Waals surface area (Å²) in [6, 6.07) is 3.86. The minimum absolute atomic E-state index is 0.624. The van der Waals surface area contributed by atoms with Crippen molar-refractivity contribution >= 4 is 12.2 Å². The normalized spacial score (nSPS) is 13.3. The van der Waals surface area contributed by atoms with E-state index in [0.717, 1.165) is 28.9 Å². The van der Waals surface area contributed by atoms with E-state index in [0.29, 0.717) is 12.3 Å². The van der Waals surface area contributed by atoms with Gasteiger partial charge >= 0.3 is 0 Å². The number of methoxy groups -OCH3 is 1. The van der Waals surface area contributed by atoms with Gasteiger partial charge in [0, 0.05) is 29.9 Å². The number of H-pyrrole nitrogens is 1. The van der Waals surface area contributed by atoms with Crippen molar-refractivity contribution in [2.24, 2.45) is 0 Å². The first-order valence-corrected chi connectivity index (χ1v) is 6.77. The Bertz CT molecular complexity index is 649. The number of hydrogen-bond donors (Lipinski definition) is 1. The van der Waals surface area contributed by atoms with Crippen molar-refractivity contribution in [3.8, 4) is 5.88 Å². The topological polar surface area (TPSA) is 50.8 Å². The smallest absolute Gasteiger partial charge is 0.212 e. The minimum atomic E-state index is 0.624. The summed E-state index contributed by atoms with van der Waals surface area (Å²) >= 11 is 5.36. The number of nitrogens with one attached hydrogen (secondary N) is 1. The van der Waals surface area contributed by atoms with Crippen LogP contribution >= 0.6 is 12.2 Å². The van der Waals surface area contributed by atoms with Crippen LogP contribution in [0.5, 0.6) is 5.88 Å². The van der Waals surface area contributed by atoms with Gasteiger partial charge in [0.2, 0.25) is 5.88 Å². The fourth-order valence-electron chi connectivity index (χ4n) is 2.42. The molecule has 0 atom stereocenters. The summed E-state index contributed by atoms with van der Waals surface area (Å²) in [6.07, 6.45) is 5.83. The predicted molar refractivity (Wildman–Crippen MR) is 75.0 cm³/mol. The lowest BCUT2D eigenvalue weighted by Gasteiger charge is -2.06. The van der Waals surface area contributed by atoms with Gasteiger partial charge in [-0.15, -0.1) is 0 Å². The number of ether oxygens (including phenoxy) is 1. The molecule has 1 aliphatic rings. The van der Waals surface area contributed by atoms with Crippen molar-refractivity contribution < 1.29 is 4.74 Å². The molecule has 1 N–H and O–H groups in total. The molecule has 2 heterocycles. The van der Waals surface area contributed by atoms with Crippen LogP contribution in [0.25, 0.3) is 0 Å². The van der Waals surface area contributed by atoms with E-state index in [2.05, 4.69) is 15.0 Å². The highest BCUT2D eigenvalue weighted by molar-refractivity contribution is 7.71. The molecule has 0 unspecified atom stereocenters. The third-order valence-corrected chi connectivity index (χ3v) is 3.72. The van der Waals surface area contributed by atoms with Gasteiger partial charge in [0.25, 0.3) is 0 Å². The van der Waals surface area contributed by atoms with Crippen LogP contribution in [0, 0.1) is 4.64 Å². The number of aromatic amines is 1. The summed E-state index contributed by atoms with van der Waals surface area (Å²) in [5, 5.41) is 0. The summed E-state index contributed by atoms with van der Waals surface area (Å²) in [4.78, 5) is 12.1. The van der Waals surface area contributed by atoms with E-state index in [1.54, 1.807) is 7.11 Å². The molecule has 4 nitrogen and oxygen atoms in total. The Labute approximate surface area is 116 Å². The Morgan fingerprint density at radius 2 is 2.26 bits per heavy atom. The molecule has 2 aromatic rings. The second kappa shape index (κ2) is 5.09. The molecule has 0 saturated heterocycles. The number of nitrogens with zero attached hydrogens (tertiary/aromatic N) is 2. The van der Waals surface area contributed by atoms with Crippen molar-refractivity contribution in [2.45, 2.75) is 25.7 Å². The molecule has 1 aliphatic carbocycles. The van der Waals surface area contributed by atoms with Gasteiger partial charge in [-0.25, -0.2) is 9.97 Å². The average Bonchev–Trinajstić information content (AvgIpc) is 2.88. The molecule has 0 bridgehead atoms. The van der Waals surface area contributed by atoms with Gasteiger partial charge in [-0.1, -0.05) is 18.3 Å². The number of pyridine rings is 1. The van der Waals surface area contributed by atoms with E-state index in [9.17, 15) is 0 Å². The van der Waals surface area contributed by atoms with Crippen LogP contribution in [0.3, 0.4) is 0 Å². The lowest BCUT2D eigenvalue weighted by Crippen LogP contribution is -2.02. The van der Waals surface area contributed by atoms with Gasteiger partial charge in [-0.05, 0) is 24.8 Å². The average molecular weight is 273 g/mol. The molecule has 0 radical (unpaired) electrons. The second-order valence-corrected chi connectivity index (χ2v) is 5.07. The highest BCUT2D eigenvalue weighted by atomic mass is 32.1. The standard InChI is InChI=1S/C14H15N3OS/c1-18-13-6-5-9(8-15-13)7-12-16-11-4-2-3-10(11)14(19)17-12/h5-6,8H,2-4,7H2,1H3,(H,16,17,19). The van der Waals surface area contributed by atoms with Gasteiger partial charge in [0.1, 0.15) is 10.5 Å². The first kappa shape index (κ1) is 12.3. The van der Waals surface area contributed by atoms with Crippen molar-refractivity contribution in [3.05, 3.63) is 45.6 Å². The van der Waals surface area contributed by atoms with Gasteiger partial charge in [-0.2, -0.15) is 0 Å². The molecule has 3 rings (SSSR count). The molecular weight excluding hydrogens is 258 g/mol. The van der Waals surface area contributed by atoms with Crippen LogP contribution in [0.2, 0.25) is 0 Å². The van der Waals surface area contributed by atoms with Crippen LogP contribution in [-0.2, 0) is 19.3 Å². The highest BCUT2D eigenvalue weighted by Crippen LogP contribution is 2.21. The summed E-state index contributed by atoms with van der Waals surface area (Å²) < 4.78 is 5.80. The molecule has 0 aromatic carbocycles. The zero-order valence-electron chi connectivity index (χ0n) is 10.8. The Morgan fingerprint density at radius 3 is 3.00 bits per heavy atom. The zero-order chi connectivity index (χ0) is 13.2. The predicted octanol–water partition coefficient (Wildman–Crippen LogP) is 2.62. The van der Waals surface area contributed by atoms with Crippen LogP contribution in [-0.4, -0.2) is 22.1 Å². The summed E-state index contributed by atoms with van der Waals surface area (Å²) in [7, 11) is 1.61. The fourth-order valence-corrected chi connectivity index (χ4v) is 2.76. The number of aromatic nitrogens is 3. The summed E-state index contributed by atoms with van der Waals surface area (Å²) in [6.45, 7) is 0. The molecule has 0 spiro atoms. The lowest BCUT2D eigenvalue weighted by atomic mass is 10.2. The molecular formula is C14H15N3OS. The molecule has 98 valence electrons.